The molecule has 1 aliphatic rings. The van der Waals surface area contributed by atoms with Gasteiger partial charge < -0.3 is 0 Å². The number of rotatable bonds is 2. The predicted molar refractivity (Wildman–Crippen MR) is 82.1 cm³/mol. The summed E-state index contributed by atoms with van der Waals surface area (Å²) in [5.74, 6) is 0. The lowest BCUT2D eigenvalue weighted by molar-refractivity contribution is 0.547. The topological polar surface area (TPSA) is 47.6 Å². The molecule has 0 heterocycles. The first kappa shape index (κ1) is 13.2. The number of fused-ring (bicyclic) bond motifs is 1. The van der Waals surface area contributed by atoms with Crippen LogP contribution in [0.5, 0.6) is 0 Å². The Morgan fingerprint density at radius 1 is 0.952 bits per heavy atom. The van der Waals surface area contributed by atoms with Gasteiger partial charge in [-0.15, -0.1) is 0 Å². The van der Waals surface area contributed by atoms with Crippen LogP contribution in [0.1, 0.15) is 23.1 Å². The third-order valence-corrected chi connectivity index (χ3v) is 4.07. The summed E-state index contributed by atoms with van der Waals surface area (Å²) >= 11 is 0. The highest BCUT2D eigenvalue weighted by Crippen LogP contribution is 2.40. The summed E-state index contributed by atoms with van der Waals surface area (Å²) in [5.41, 5.74) is 3.09. The van der Waals surface area contributed by atoms with Crippen LogP contribution in [0.3, 0.4) is 0 Å². The summed E-state index contributed by atoms with van der Waals surface area (Å²) in [6, 6.07) is 22.6. The SMILES string of the molecule is N#CC1=CCC(C#N)(Cc2ccccc2)c2ccccc21. The number of benzene rings is 2. The van der Waals surface area contributed by atoms with Gasteiger partial charge in [0.1, 0.15) is 0 Å². The summed E-state index contributed by atoms with van der Waals surface area (Å²) in [6.07, 6.45) is 3.14. The first-order chi connectivity index (χ1) is 10.3. The second-order valence-electron chi connectivity index (χ2n) is 5.34. The van der Waals surface area contributed by atoms with Crippen LogP contribution in [0.15, 0.2) is 60.7 Å². The fourth-order valence-corrected chi connectivity index (χ4v) is 2.99. The summed E-state index contributed by atoms with van der Waals surface area (Å²) in [4.78, 5) is 0. The molecule has 0 fully saturated rings. The van der Waals surface area contributed by atoms with Crippen LogP contribution in [0.25, 0.3) is 5.57 Å². The molecule has 1 unspecified atom stereocenters. The van der Waals surface area contributed by atoms with E-state index in [-0.39, 0.29) is 0 Å². The Kier molecular flexibility index (Phi) is 3.30. The molecular formula is C19H14N2. The lowest BCUT2D eigenvalue weighted by Gasteiger charge is -2.31. The molecule has 0 N–H and O–H groups in total. The van der Waals surface area contributed by atoms with Crippen LogP contribution in [0.2, 0.25) is 0 Å². The molecule has 0 saturated carbocycles. The monoisotopic (exact) mass is 270 g/mol. The molecular weight excluding hydrogens is 256 g/mol. The van der Waals surface area contributed by atoms with Crippen LogP contribution in [0.4, 0.5) is 0 Å². The molecule has 0 radical (unpaired) electrons. The number of hydrogen-bond acceptors (Lipinski definition) is 2. The molecule has 0 bridgehead atoms. The van der Waals surface area contributed by atoms with Crippen molar-refractivity contribution in [2.75, 3.05) is 0 Å². The molecule has 100 valence electrons. The van der Waals surface area contributed by atoms with Crippen molar-refractivity contribution in [2.45, 2.75) is 18.3 Å². The fraction of sp³-hybridized carbons (Fsp3) is 0.158. The molecule has 2 aromatic carbocycles. The molecule has 1 atom stereocenters. The molecule has 2 nitrogen and oxygen atoms in total. The Bertz CT molecular complexity index is 775. The number of allylic oxidation sites excluding steroid dienone is 2. The molecule has 0 aliphatic heterocycles. The van der Waals surface area contributed by atoms with Crippen LogP contribution >= 0.6 is 0 Å². The van der Waals surface area contributed by atoms with E-state index in [0.29, 0.717) is 18.4 Å². The average Bonchev–Trinajstić information content (AvgIpc) is 2.56. The maximum Gasteiger partial charge on any atom is 0.0994 e. The zero-order valence-corrected chi connectivity index (χ0v) is 11.6. The van der Waals surface area contributed by atoms with E-state index >= 15 is 0 Å². The molecule has 0 aromatic heterocycles. The largest absolute Gasteiger partial charge is 0.197 e. The lowest BCUT2D eigenvalue weighted by Crippen LogP contribution is -2.30. The fourth-order valence-electron chi connectivity index (χ4n) is 2.99. The minimum atomic E-state index is -0.585. The van der Waals surface area contributed by atoms with Crippen molar-refractivity contribution in [2.24, 2.45) is 0 Å². The second-order valence-corrected chi connectivity index (χ2v) is 5.34. The number of hydrogen-bond donors (Lipinski definition) is 0. The smallest absolute Gasteiger partial charge is 0.0994 e. The average molecular weight is 270 g/mol. The Hall–Kier alpha value is -2.84. The Morgan fingerprint density at radius 3 is 2.38 bits per heavy atom. The highest BCUT2D eigenvalue weighted by Gasteiger charge is 2.37. The van der Waals surface area contributed by atoms with Crippen LogP contribution < -0.4 is 0 Å². The quantitative estimate of drug-likeness (QED) is 0.828. The minimum Gasteiger partial charge on any atom is -0.197 e. The highest BCUT2D eigenvalue weighted by atomic mass is 14.4. The Labute approximate surface area is 124 Å². The maximum absolute atomic E-state index is 9.85. The molecule has 0 spiro atoms. The van der Waals surface area contributed by atoms with Crippen molar-refractivity contribution in [1.29, 1.82) is 10.5 Å². The van der Waals surface area contributed by atoms with Gasteiger partial charge in [-0.1, -0.05) is 60.7 Å². The Morgan fingerprint density at radius 2 is 1.67 bits per heavy atom. The summed E-state index contributed by atoms with van der Waals surface area (Å²) in [6.45, 7) is 0. The van der Waals surface area contributed by atoms with Gasteiger partial charge in [0.15, 0.2) is 0 Å². The lowest BCUT2D eigenvalue weighted by atomic mass is 9.68. The van der Waals surface area contributed by atoms with Gasteiger partial charge in [0, 0.05) is 0 Å². The molecule has 3 rings (SSSR count). The number of nitrogens with zero attached hydrogens (tertiary/aromatic N) is 2. The maximum atomic E-state index is 9.85. The van der Waals surface area contributed by atoms with Crippen molar-refractivity contribution in [3.05, 3.63) is 77.4 Å². The first-order valence-corrected chi connectivity index (χ1v) is 6.94. The molecule has 0 saturated heterocycles. The van der Waals surface area contributed by atoms with E-state index in [1.165, 1.54) is 0 Å². The van der Waals surface area contributed by atoms with E-state index in [1.54, 1.807) is 0 Å². The van der Waals surface area contributed by atoms with Gasteiger partial charge in [0.2, 0.25) is 0 Å². The summed E-state index contributed by atoms with van der Waals surface area (Å²) in [7, 11) is 0. The molecule has 21 heavy (non-hydrogen) atoms. The van der Waals surface area contributed by atoms with E-state index in [0.717, 1.165) is 16.7 Å². The van der Waals surface area contributed by atoms with Gasteiger partial charge in [0.05, 0.1) is 23.1 Å². The third kappa shape index (κ3) is 2.22. The van der Waals surface area contributed by atoms with Crippen molar-refractivity contribution in [3.8, 4) is 12.1 Å². The van der Waals surface area contributed by atoms with E-state index in [1.807, 2.05) is 60.7 Å². The van der Waals surface area contributed by atoms with E-state index in [2.05, 4.69) is 12.1 Å². The van der Waals surface area contributed by atoms with Crippen LogP contribution in [-0.2, 0) is 11.8 Å². The predicted octanol–water partition coefficient (Wildman–Crippen LogP) is 4.00. The normalized spacial score (nSPS) is 19.8. The van der Waals surface area contributed by atoms with Gasteiger partial charge in [-0.2, -0.15) is 10.5 Å². The van der Waals surface area contributed by atoms with E-state index < -0.39 is 5.41 Å². The standard InChI is InChI=1S/C19H14N2/c20-13-16-10-11-19(14-21,12-15-6-2-1-3-7-15)18-9-5-4-8-17(16)18/h1-10H,11-12H2. The van der Waals surface area contributed by atoms with Crippen molar-refractivity contribution in [1.82, 2.24) is 0 Å². The molecule has 2 heteroatoms. The van der Waals surface area contributed by atoms with Gasteiger partial charge in [-0.3, -0.25) is 0 Å². The zero-order chi connectivity index (χ0) is 14.7. The van der Waals surface area contributed by atoms with Crippen LogP contribution in [0, 0.1) is 22.7 Å². The highest BCUT2D eigenvalue weighted by molar-refractivity contribution is 5.81. The first-order valence-electron chi connectivity index (χ1n) is 6.94. The molecule has 2 aromatic rings. The minimum absolute atomic E-state index is 0.582. The zero-order valence-electron chi connectivity index (χ0n) is 11.6. The van der Waals surface area contributed by atoms with Crippen molar-refractivity contribution >= 4 is 5.57 Å². The second kappa shape index (κ2) is 5.27. The van der Waals surface area contributed by atoms with Gasteiger partial charge in [-0.05, 0) is 29.5 Å². The third-order valence-electron chi connectivity index (χ3n) is 4.07. The van der Waals surface area contributed by atoms with E-state index in [4.69, 9.17) is 0 Å². The van der Waals surface area contributed by atoms with Crippen molar-refractivity contribution < 1.29 is 0 Å². The summed E-state index contributed by atoms with van der Waals surface area (Å²) < 4.78 is 0. The Balaban J connectivity index is 2.11. The van der Waals surface area contributed by atoms with Crippen molar-refractivity contribution in [3.63, 3.8) is 0 Å². The van der Waals surface area contributed by atoms with E-state index in [9.17, 15) is 10.5 Å². The van der Waals surface area contributed by atoms with Gasteiger partial charge in [-0.25, -0.2) is 0 Å². The summed E-state index contributed by atoms with van der Waals surface area (Å²) in [5, 5.41) is 19.1. The van der Waals surface area contributed by atoms with Crippen LogP contribution in [-0.4, -0.2) is 0 Å². The van der Waals surface area contributed by atoms with Gasteiger partial charge >= 0.3 is 0 Å². The molecule has 1 aliphatic carbocycles. The van der Waals surface area contributed by atoms with Gasteiger partial charge in [0.25, 0.3) is 0 Å². The molecule has 0 amide bonds. The number of nitriles is 2.